The van der Waals surface area contributed by atoms with Gasteiger partial charge in [-0.25, -0.2) is 0 Å². The molecule has 0 radical (unpaired) electrons. The second-order valence-corrected chi connectivity index (χ2v) is 4.64. The highest BCUT2D eigenvalue weighted by Crippen LogP contribution is 2.23. The Labute approximate surface area is 101 Å². The van der Waals surface area contributed by atoms with E-state index in [2.05, 4.69) is 26.6 Å². The first kappa shape index (κ1) is 11.2. The number of carboxylic acids is 1. The molecule has 0 saturated heterocycles. The molecule has 4 N–H and O–H groups in total. The summed E-state index contributed by atoms with van der Waals surface area (Å²) < 4.78 is 0.968. The highest BCUT2D eigenvalue weighted by atomic mass is 79.9. The predicted octanol–water partition coefficient (Wildman–Crippen LogP) is -0.167. The van der Waals surface area contributed by atoms with E-state index >= 15 is 0 Å². The van der Waals surface area contributed by atoms with Gasteiger partial charge in [0.2, 0.25) is 0 Å². The summed E-state index contributed by atoms with van der Waals surface area (Å²) in [5.41, 5.74) is 5.49. The SMILES string of the molecule is [NH3+][C@H](Cc1c[nH]c2ccc(Br)cc12)C(=O)[O-]. The highest BCUT2D eigenvalue weighted by Gasteiger charge is 2.12. The topological polar surface area (TPSA) is 83.6 Å². The average molecular weight is 283 g/mol. The third kappa shape index (κ3) is 2.10. The molecule has 0 saturated carbocycles. The van der Waals surface area contributed by atoms with Crippen LogP contribution < -0.4 is 10.8 Å². The van der Waals surface area contributed by atoms with E-state index in [1.54, 1.807) is 0 Å². The first-order valence-electron chi connectivity index (χ1n) is 4.87. The van der Waals surface area contributed by atoms with E-state index in [1.807, 2.05) is 24.4 Å². The largest absolute Gasteiger partial charge is 0.544 e. The number of aliphatic carboxylic acids is 1. The lowest BCUT2D eigenvalue weighted by molar-refractivity contribution is -0.436. The molecular formula is C11H11BrN2O2. The molecule has 84 valence electrons. The average Bonchev–Trinajstić information content (AvgIpc) is 2.61. The Bertz CT molecular complexity index is 536. The molecule has 0 aliphatic heterocycles. The van der Waals surface area contributed by atoms with Gasteiger partial charge >= 0.3 is 0 Å². The number of carboxylic acid groups (broad SMARTS) is 1. The monoisotopic (exact) mass is 282 g/mol. The van der Waals surface area contributed by atoms with Gasteiger partial charge in [-0.3, -0.25) is 0 Å². The van der Waals surface area contributed by atoms with Crippen molar-refractivity contribution in [3.8, 4) is 0 Å². The molecule has 0 unspecified atom stereocenters. The Balaban J connectivity index is 2.37. The summed E-state index contributed by atoms with van der Waals surface area (Å²) in [7, 11) is 0. The molecule has 5 heteroatoms. The van der Waals surface area contributed by atoms with Crippen molar-refractivity contribution < 1.29 is 15.6 Å². The minimum atomic E-state index is -1.12. The molecule has 2 aromatic rings. The third-order valence-corrected chi connectivity index (χ3v) is 3.02. The molecule has 16 heavy (non-hydrogen) atoms. The van der Waals surface area contributed by atoms with E-state index in [0.29, 0.717) is 6.42 Å². The number of fused-ring (bicyclic) bond motifs is 1. The molecule has 0 fully saturated rings. The number of nitrogens with one attached hydrogen (secondary N) is 1. The van der Waals surface area contributed by atoms with E-state index in [-0.39, 0.29) is 0 Å². The van der Waals surface area contributed by atoms with Crippen LogP contribution in [0.1, 0.15) is 5.56 Å². The van der Waals surface area contributed by atoms with Gasteiger partial charge in [0.05, 0.1) is 5.97 Å². The van der Waals surface area contributed by atoms with Crippen molar-refractivity contribution in [2.75, 3.05) is 0 Å². The van der Waals surface area contributed by atoms with Crippen LogP contribution in [-0.2, 0) is 11.2 Å². The second kappa shape index (κ2) is 4.27. The van der Waals surface area contributed by atoms with Gasteiger partial charge in [0.25, 0.3) is 0 Å². The maximum absolute atomic E-state index is 10.6. The number of aromatic nitrogens is 1. The van der Waals surface area contributed by atoms with Crippen LogP contribution in [0.2, 0.25) is 0 Å². The number of carbonyl (C=O) groups is 1. The lowest BCUT2D eigenvalue weighted by Gasteiger charge is -2.08. The van der Waals surface area contributed by atoms with Crippen molar-refractivity contribution >= 4 is 32.8 Å². The Hall–Kier alpha value is -1.33. The molecule has 1 aromatic carbocycles. The lowest BCUT2D eigenvalue weighted by atomic mass is 10.1. The molecule has 1 heterocycles. The normalized spacial score (nSPS) is 12.9. The van der Waals surface area contributed by atoms with Crippen molar-refractivity contribution in [3.05, 3.63) is 34.4 Å². The van der Waals surface area contributed by atoms with E-state index in [1.165, 1.54) is 0 Å². The number of quaternary nitrogens is 1. The number of carbonyl (C=O) groups excluding carboxylic acids is 1. The summed E-state index contributed by atoms with van der Waals surface area (Å²) >= 11 is 3.39. The molecule has 4 nitrogen and oxygen atoms in total. The number of aromatic amines is 1. The maximum Gasteiger partial charge on any atom is 0.129 e. The van der Waals surface area contributed by atoms with Crippen molar-refractivity contribution in [1.82, 2.24) is 4.98 Å². The van der Waals surface area contributed by atoms with Crippen LogP contribution in [0.15, 0.2) is 28.9 Å². The Morgan fingerprint density at radius 2 is 2.31 bits per heavy atom. The number of H-pyrrole nitrogens is 1. The Morgan fingerprint density at radius 3 is 3.00 bits per heavy atom. The second-order valence-electron chi connectivity index (χ2n) is 3.72. The molecule has 1 atom stereocenters. The van der Waals surface area contributed by atoms with Crippen LogP contribution in [0, 0.1) is 0 Å². The van der Waals surface area contributed by atoms with Crippen molar-refractivity contribution in [2.24, 2.45) is 0 Å². The van der Waals surface area contributed by atoms with Gasteiger partial charge in [0.1, 0.15) is 6.04 Å². The van der Waals surface area contributed by atoms with Crippen LogP contribution in [0.3, 0.4) is 0 Å². The van der Waals surface area contributed by atoms with Crippen molar-refractivity contribution in [3.63, 3.8) is 0 Å². The fraction of sp³-hybridized carbons (Fsp3) is 0.182. The summed E-state index contributed by atoms with van der Waals surface area (Å²) in [4.78, 5) is 13.7. The van der Waals surface area contributed by atoms with Crippen LogP contribution in [0.4, 0.5) is 0 Å². The van der Waals surface area contributed by atoms with Crippen molar-refractivity contribution in [2.45, 2.75) is 12.5 Å². The molecular weight excluding hydrogens is 272 g/mol. The molecule has 1 aromatic heterocycles. The molecule has 0 bridgehead atoms. The zero-order valence-electron chi connectivity index (χ0n) is 8.50. The molecule has 0 amide bonds. The summed E-state index contributed by atoms with van der Waals surface area (Å²) in [5, 5.41) is 11.7. The van der Waals surface area contributed by atoms with Crippen LogP contribution in [-0.4, -0.2) is 17.0 Å². The van der Waals surface area contributed by atoms with Gasteiger partial charge in [-0.2, -0.15) is 0 Å². The fourth-order valence-corrected chi connectivity index (χ4v) is 2.03. The standard InChI is InChI=1S/C11H11BrN2O2/c12-7-1-2-10-8(4-7)6(5-14-10)3-9(13)11(15)16/h1-2,4-5,9,14H,3,13H2,(H,15,16)/t9-/m1/s1. The summed E-state index contributed by atoms with van der Waals surface area (Å²) in [6.45, 7) is 0. The van der Waals surface area contributed by atoms with Gasteiger partial charge in [-0.05, 0) is 23.8 Å². The van der Waals surface area contributed by atoms with E-state index in [4.69, 9.17) is 0 Å². The van der Waals surface area contributed by atoms with Gasteiger partial charge in [-0.15, -0.1) is 0 Å². The van der Waals surface area contributed by atoms with E-state index < -0.39 is 12.0 Å². The quantitative estimate of drug-likeness (QED) is 0.820. The van der Waals surface area contributed by atoms with Crippen LogP contribution in [0.5, 0.6) is 0 Å². The number of rotatable bonds is 3. The van der Waals surface area contributed by atoms with Gasteiger partial charge in [0, 0.05) is 28.0 Å². The highest BCUT2D eigenvalue weighted by molar-refractivity contribution is 9.10. The zero-order valence-corrected chi connectivity index (χ0v) is 10.1. The Morgan fingerprint density at radius 1 is 1.56 bits per heavy atom. The maximum atomic E-state index is 10.6. The predicted molar refractivity (Wildman–Crippen MR) is 61.4 cm³/mol. The number of hydrogen-bond acceptors (Lipinski definition) is 2. The summed E-state index contributed by atoms with van der Waals surface area (Å²) in [5.74, 6) is -1.12. The smallest absolute Gasteiger partial charge is 0.129 e. The molecule has 0 spiro atoms. The van der Waals surface area contributed by atoms with Gasteiger partial charge in [-0.1, -0.05) is 15.9 Å². The third-order valence-electron chi connectivity index (χ3n) is 2.53. The van der Waals surface area contributed by atoms with Gasteiger partial charge < -0.3 is 20.6 Å². The minimum absolute atomic E-state index is 0.374. The van der Waals surface area contributed by atoms with Crippen LogP contribution in [0.25, 0.3) is 10.9 Å². The molecule has 2 rings (SSSR count). The lowest BCUT2D eigenvalue weighted by Crippen LogP contribution is -2.69. The Kier molecular flexibility index (Phi) is 2.98. The van der Waals surface area contributed by atoms with Crippen LogP contribution >= 0.6 is 15.9 Å². The minimum Gasteiger partial charge on any atom is -0.544 e. The number of halogens is 1. The summed E-state index contributed by atoms with van der Waals surface area (Å²) in [6, 6.07) is 5.12. The van der Waals surface area contributed by atoms with E-state index in [9.17, 15) is 9.90 Å². The van der Waals surface area contributed by atoms with E-state index in [0.717, 1.165) is 20.9 Å². The van der Waals surface area contributed by atoms with Crippen molar-refractivity contribution in [1.29, 1.82) is 0 Å². The first-order chi connectivity index (χ1) is 7.58. The number of benzene rings is 1. The summed E-state index contributed by atoms with van der Waals surface area (Å²) in [6.07, 6.45) is 2.19. The number of hydrogen-bond donors (Lipinski definition) is 2. The molecule has 0 aliphatic carbocycles. The first-order valence-corrected chi connectivity index (χ1v) is 5.66. The van der Waals surface area contributed by atoms with Gasteiger partial charge in [0.15, 0.2) is 0 Å². The fourth-order valence-electron chi connectivity index (χ4n) is 1.67. The molecule has 0 aliphatic rings. The zero-order chi connectivity index (χ0) is 11.7.